The molecule has 1 N–H and O–H groups in total. The lowest BCUT2D eigenvalue weighted by Gasteiger charge is -2.15. The van der Waals surface area contributed by atoms with Crippen molar-refractivity contribution in [2.24, 2.45) is 0 Å². The minimum atomic E-state index is -0.391. The van der Waals surface area contributed by atoms with Crippen molar-refractivity contribution >= 4 is 33.9 Å². The van der Waals surface area contributed by atoms with Gasteiger partial charge in [0, 0.05) is 6.54 Å². The molecular weight excluding hydrogens is 326 g/mol. The number of hydrogen-bond acceptors (Lipinski definition) is 3. The van der Waals surface area contributed by atoms with Crippen LogP contribution in [-0.2, 0) is 11.3 Å². The maximum Gasteiger partial charge on any atom is 0.249 e. The van der Waals surface area contributed by atoms with Crippen LogP contribution in [0.1, 0.15) is 26.3 Å². The van der Waals surface area contributed by atoms with E-state index in [4.69, 9.17) is 0 Å². The Morgan fingerprint density at radius 2 is 1.77 bits per heavy atom. The molecule has 0 aliphatic heterocycles. The summed E-state index contributed by atoms with van der Waals surface area (Å²) >= 11 is 0. The van der Waals surface area contributed by atoms with E-state index in [0.29, 0.717) is 5.95 Å². The first-order valence-electron chi connectivity index (χ1n) is 8.86. The summed E-state index contributed by atoms with van der Waals surface area (Å²) in [5.41, 5.74) is 3.74. The number of hydrogen-bond donors (Lipinski definition) is 1. The third-order valence-electron chi connectivity index (χ3n) is 4.61. The molecule has 0 saturated heterocycles. The molecule has 4 rings (SSSR count). The number of carbonyl (C=O) groups excluding carboxylic acids is 1. The van der Waals surface area contributed by atoms with Gasteiger partial charge in [-0.3, -0.25) is 10.1 Å². The van der Waals surface area contributed by atoms with Crippen molar-refractivity contribution in [3.63, 3.8) is 0 Å². The molecule has 6 nitrogen and oxygen atoms in total. The number of rotatable bonds is 5. The molecule has 0 aliphatic carbocycles. The van der Waals surface area contributed by atoms with Crippen molar-refractivity contribution < 1.29 is 4.79 Å². The lowest BCUT2D eigenvalue weighted by atomic mass is 10.2. The maximum atomic E-state index is 12.9. The van der Waals surface area contributed by atoms with Crippen LogP contribution < -0.4 is 5.32 Å². The summed E-state index contributed by atoms with van der Waals surface area (Å²) in [6.07, 6.45) is 2.68. The number of nitrogens with one attached hydrogen (secondary N) is 1. The van der Waals surface area contributed by atoms with Gasteiger partial charge in [0.1, 0.15) is 6.04 Å². The molecule has 2 aromatic carbocycles. The van der Waals surface area contributed by atoms with E-state index in [1.807, 2.05) is 60.0 Å². The van der Waals surface area contributed by atoms with Gasteiger partial charge in [0.15, 0.2) is 0 Å². The van der Waals surface area contributed by atoms with Crippen molar-refractivity contribution in [3.8, 4) is 0 Å². The van der Waals surface area contributed by atoms with Gasteiger partial charge < -0.3 is 9.13 Å². The first-order valence-corrected chi connectivity index (χ1v) is 8.86. The Labute approximate surface area is 151 Å². The molecule has 1 unspecified atom stereocenters. The highest BCUT2D eigenvalue weighted by Crippen LogP contribution is 2.22. The lowest BCUT2D eigenvalue weighted by Crippen LogP contribution is -2.25. The number of aryl methyl sites for hydroxylation is 1. The van der Waals surface area contributed by atoms with Crippen molar-refractivity contribution in [2.75, 3.05) is 5.32 Å². The van der Waals surface area contributed by atoms with Gasteiger partial charge in [-0.05, 0) is 37.6 Å². The molecule has 0 aliphatic rings. The molecule has 0 fully saturated rings. The third kappa shape index (κ3) is 2.73. The Morgan fingerprint density at radius 3 is 2.54 bits per heavy atom. The SMILES string of the molecule is CCCn1c(NC(=O)C(C)n2cnc3ccccc32)nc2ccccc21. The van der Waals surface area contributed by atoms with Crippen LogP contribution in [0, 0.1) is 0 Å². The fourth-order valence-corrected chi connectivity index (χ4v) is 3.25. The Bertz CT molecular complexity index is 1080. The molecule has 132 valence electrons. The van der Waals surface area contributed by atoms with Crippen LogP contribution in [-0.4, -0.2) is 25.0 Å². The number of nitrogens with zero attached hydrogens (tertiary/aromatic N) is 4. The molecule has 0 bridgehead atoms. The molecule has 1 atom stereocenters. The Hall–Kier alpha value is -3.15. The predicted octanol–water partition coefficient (Wildman–Crippen LogP) is 4.00. The van der Waals surface area contributed by atoms with Gasteiger partial charge in [-0.15, -0.1) is 0 Å². The van der Waals surface area contributed by atoms with Gasteiger partial charge in [0.25, 0.3) is 0 Å². The standard InChI is InChI=1S/C20H21N5O/c1-3-12-24-18-11-7-5-9-16(18)22-20(24)23-19(26)14(2)25-13-21-15-8-4-6-10-17(15)25/h4-11,13-14H,3,12H2,1-2H3,(H,22,23,26). The van der Waals surface area contributed by atoms with Crippen LogP contribution in [0.4, 0.5) is 5.95 Å². The second-order valence-corrected chi connectivity index (χ2v) is 6.38. The summed E-state index contributed by atoms with van der Waals surface area (Å²) in [4.78, 5) is 21.9. The number of benzene rings is 2. The van der Waals surface area contributed by atoms with Crippen molar-refractivity contribution in [1.29, 1.82) is 0 Å². The molecular formula is C20H21N5O. The molecule has 2 heterocycles. The smallest absolute Gasteiger partial charge is 0.249 e. The molecule has 6 heteroatoms. The van der Waals surface area contributed by atoms with E-state index in [9.17, 15) is 4.79 Å². The topological polar surface area (TPSA) is 64.7 Å². The fraction of sp³-hybridized carbons (Fsp3) is 0.250. The normalized spacial score (nSPS) is 12.5. The van der Waals surface area contributed by atoms with Crippen LogP contribution in [0.15, 0.2) is 54.9 Å². The van der Waals surface area contributed by atoms with Gasteiger partial charge in [0.2, 0.25) is 11.9 Å². The van der Waals surface area contributed by atoms with Crippen molar-refractivity contribution in [3.05, 3.63) is 54.9 Å². The van der Waals surface area contributed by atoms with E-state index in [2.05, 4.69) is 26.8 Å². The molecule has 2 aromatic heterocycles. The van der Waals surface area contributed by atoms with Crippen LogP contribution in [0.25, 0.3) is 22.1 Å². The molecule has 0 radical (unpaired) electrons. The Kier molecular flexibility index (Phi) is 4.16. The summed E-state index contributed by atoms with van der Waals surface area (Å²) in [5.74, 6) is 0.482. The molecule has 0 saturated carbocycles. The molecule has 1 amide bonds. The number of imidazole rings is 2. The average Bonchev–Trinajstić information content (AvgIpc) is 3.23. The van der Waals surface area contributed by atoms with E-state index in [-0.39, 0.29) is 5.91 Å². The summed E-state index contributed by atoms with van der Waals surface area (Å²) in [5, 5.41) is 3.00. The quantitative estimate of drug-likeness (QED) is 0.593. The number of amides is 1. The van der Waals surface area contributed by atoms with E-state index < -0.39 is 6.04 Å². The minimum absolute atomic E-state index is 0.110. The van der Waals surface area contributed by atoms with Crippen LogP contribution >= 0.6 is 0 Å². The first kappa shape index (κ1) is 16.3. The van der Waals surface area contributed by atoms with E-state index in [1.165, 1.54) is 0 Å². The summed E-state index contributed by atoms with van der Waals surface area (Å²) in [7, 11) is 0. The van der Waals surface area contributed by atoms with Gasteiger partial charge in [-0.25, -0.2) is 9.97 Å². The highest BCUT2D eigenvalue weighted by molar-refractivity contribution is 5.95. The Morgan fingerprint density at radius 1 is 1.08 bits per heavy atom. The maximum absolute atomic E-state index is 12.9. The van der Waals surface area contributed by atoms with Crippen LogP contribution in [0.5, 0.6) is 0 Å². The second kappa shape index (κ2) is 6.63. The predicted molar refractivity (Wildman–Crippen MR) is 103 cm³/mol. The Balaban J connectivity index is 1.65. The van der Waals surface area contributed by atoms with Gasteiger partial charge in [0.05, 0.1) is 28.4 Å². The summed E-state index contributed by atoms with van der Waals surface area (Å²) in [6, 6.07) is 15.3. The average molecular weight is 347 g/mol. The second-order valence-electron chi connectivity index (χ2n) is 6.38. The highest BCUT2D eigenvalue weighted by atomic mass is 16.2. The van der Waals surface area contributed by atoms with Gasteiger partial charge in [-0.2, -0.15) is 0 Å². The van der Waals surface area contributed by atoms with E-state index in [1.54, 1.807) is 6.33 Å². The number of anilines is 1. The fourth-order valence-electron chi connectivity index (χ4n) is 3.25. The van der Waals surface area contributed by atoms with Crippen molar-refractivity contribution in [2.45, 2.75) is 32.9 Å². The summed E-state index contributed by atoms with van der Waals surface area (Å²) < 4.78 is 3.95. The number of para-hydroxylation sites is 4. The third-order valence-corrected chi connectivity index (χ3v) is 4.61. The molecule has 0 spiro atoms. The van der Waals surface area contributed by atoms with Crippen molar-refractivity contribution in [1.82, 2.24) is 19.1 Å². The number of fused-ring (bicyclic) bond motifs is 2. The lowest BCUT2D eigenvalue weighted by molar-refractivity contribution is -0.118. The van der Waals surface area contributed by atoms with Crippen LogP contribution in [0.3, 0.4) is 0 Å². The zero-order chi connectivity index (χ0) is 18.1. The number of aromatic nitrogens is 4. The van der Waals surface area contributed by atoms with Crippen LogP contribution in [0.2, 0.25) is 0 Å². The molecule has 26 heavy (non-hydrogen) atoms. The van der Waals surface area contributed by atoms with Gasteiger partial charge >= 0.3 is 0 Å². The summed E-state index contributed by atoms with van der Waals surface area (Å²) in [6.45, 7) is 4.79. The zero-order valence-electron chi connectivity index (χ0n) is 14.9. The number of carbonyl (C=O) groups is 1. The zero-order valence-corrected chi connectivity index (χ0v) is 14.9. The molecule has 4 aromatic rings. The first-order chi connectivity index (χ1) is 12.7. The van der Waals surface area contributed by atoms with E-state index >= 15 is 0 Å². The minimum Gasteiger partial charge on any atom is -0.318 e. The monoisotopic (exact) mass is 347 g/mol. The van der Waals surface area contributed by atoms with Gasteiger partial charge in [-0.1, -0.05) is 31.2 Å². The highest BCUT2D eigenvalue weighted by Gasteiger charge is 2.20. The largest absolute Gasteiger partial charge is 0.318 e. The van der Waals surface area contributed by atoms with E-state index in [0.717, 1.165) is 35.0 Å².